The second-order valence-electron chi connectivity index (χ2n) is 0.969. The van der Waals surface area contributed by atoms with E-state index < -0.39 is 10.2 Å². The molecule has 0 amide bonds. The van der Waals surface area contributed by atoms with Gasteiger partial charge in [0.05, 0.1) is 0 Å². The summed E-state index contributed by atoms with van der Waals surface area (Å²) < 4.78 is 34.0. The summed E-state index contributed by atoms with van der Waals surface area (Å²) in [6.07, 6.45) is 0. The van der Waals surface area contributed by atoms with E-state index in [9.17, 15) is 0 Å². The van der Waals surface area contributed by atoms with Crippen LogP contribution in [-0.2, 0) is 0 Å². The first-order valence-corrected chi connectivity index (χ1v) is 3.23. The van der Waals surface area contributed by atoms with Gasteiger partial charge in [-0.2, -0.15) is 0 Å². The molecule has 0 aromatic carbocycles. The summed E-state index contributed by atoms with van der Waals surface area (Å²) in [5, 5.41) is 7.75. The molecule has 58 valence electrons. The zero-order chi connectivity index (χ0) is 7.91. The second kappa shape index (κ2) is 6.17. The molecule has 0 aliphatic heterocycles. The Labute approximate surface area is 54.0 Å². The molecular formula is C2H8ClNO5. The van der Waals surface area contributed by atoms with Gasteiger partial charge in [-0.05, 0) is 6.92 Å². The van der Waals surface area contributed by atoms with E-state index in [1.165, 1.54) is 0 Å². The molecule has 0 saturated heterocycles. The first-order valence-electron chi connectivity index (χ1n) is 1.99. The maximum Gasteiger partial charge on any atom is 0.102 e. The van der Waals surface area contributed by atoms with Crippen molar-refractivity contribution in [1.29, 1.82) is 0 Å². The van der Waals surface area contributed by atoms with Crippen LogP contribution < -0.4 is 24.1 Å². The van der Waals surface area contributed by atoms with E-state index in [2.05, 4.69) is 0 Å². The second-order valence-corrected chi connectivity index (χ2v) is 1.72. The molecule has 0 rings (SSSR count). The van der Waals surface area contributed by atoms with Crippen LogP contribution in [0.2, 0.25) is 0 Å². The molecule has 0 fully saturated rings. The maximum atomic E-state index is 8.49. The minimum atomic E-state index is -4.94. The average molecular weight is 162 g/mol. The van der Waals surface area contributed by atoms with Gasteiger partial charge in [-0.25, -0.2) is 29.3 Å². The lowest BCUT2D eigenvalue weighted by Gasteiger charge is -2.17. The maximum absolute atomic E-state index is 8.49. The van der Waals surface area contributed by atoms with Crippen molar-refractivity contribution < 1.29 is 39.6 Å². The Balaban J connectivity index is 0. The molecule has 0 spiro atoms. The smallest absolute Gasteiger partial charge is 0.102 e. The number of hydrogen-bond acceptors (Lipinski definition) is 5. The molecule has 0 aromatic rings. The molecule has 0 aliphatic carbocycles. The van der Waals surface area contributed by atoms with E-state index in [0.717, 1.165) is 12.0 Å². The standard InChI is InChI=1S/C2H7NO.ClHO4/c1-2-3-4;2-1(3,4)5/h3-4H,2H2,1H3;(H,2,3,4,5). The highest BCUT2D eigenvalue weighted by Gasteiger charge is 1.84. The van der Waals surface area contributed by atoms with E-state index >= 15 is 0 Å². The number of nitrogens with two attached hydrogens (primary N) is 1. The van der Waals surface area contributed by atoms with Gasteiger partial charge in [-0.3, -0.25) is 0 Å². The molecule has 7 heteroatoms. The van der Waals surface area contributed by atoms with Crippen LogP contribution in [0.15, 0.2) is 0 Å². The fraction of sp³-hybridized carbons (Fsp3) is 1.00. The Morgan fingerprint density at radius 2 is 1.44 bits per heavy atom. The first-order chi connectivity index (χ1) is 3.91. The molecule has 0 heterocycles. The lowest BCUT2D eigenvalue weighted by Crippen LogP contribution is -2.79. The van der Waals surface area contributed by atoms with E-state index in [0.29, 0.717) is 0 Å². The molecule has 6 nitrogen and oxygen atoms in total. The first kappa shape index (κ1) is 11.8. The fourth-order valence-corrected chi connectivity index (χ4v) is 0. The summed E-state index contributed by atoms with van der Waals surface area (Å²) in [6.45, 7) is 2.62. The molecule has 0 atom stereocenters. The van der Waals surface area contributed by atoms with E-state index in [4.69, 9.17) is 23.8 Å². The van der Waals surface area contributed by atoms with Gasteiger partial charge in [-0.1, -0.05) is 0 Å². The van der Waals surface area contributed by atoms with Crippen LogP contribution in [0.4, 0.5) is 0 Å². The normalized spacial score (nSPS) is 10.0. The number of quaternary nitrogens is 1. The van der Waals surface area contributed by atoms with Crippen molar-refractivity contribution in [3.63, 3.8) is 0 Å². The van der Waals surface area contributed by atoms with Crippen LogP contribution in [0.1, 0.15) is 6.92 Å². The van der Waals surface area contributed by atoms with Gasteiger partial charge in [0.2, 0.25) is 0 Å². The molecule has 0 bridgehead atoms. The summed E-state index contributed by atoms with van der Waals surface area (Å²) in [6, 6.07) is 0. The fourth-order valence-electron chi connectivity index (χ4n) is 0. The van der Waals surface area contributed by atoms with Crippen LogP contribution in [0.3, 0.4) is 0 Å². The van der Waals surface area contributed by atoms with Crippen LogP contribution >= 0.6 is 0 Å². The topological polar surface area (TPSA) is 129 Å². The highest BCUT2D eigenvalue weighted by atomic mass is 35.7. The SMILES string of the molecule is CC[NH2+]O.[O-][Cl+3]([O-])([O-])[O-]. The van der Waals surface area contributed by atoms with E-state index in [1.54, 1.807) is 0 Å². The molecule has 9 heavy (non-hydrogen) atoms. The third kappa shape index (κ3) is 267. The van der Waals surface area contributed by atoms with Crippen LogP contribution in [0.5, 0.6) is 0 Å². The third-order valence-corrected chi connectivity index (χ3v) is 0.183. The van der Waals surface area contributed by atoms with Crippen LogP contribution in [-0.4, -0.2) is 11.8 Å². The van der Waals surface area contributed by atoms with Gasteiger partial charge in [0, 0.05) is 0 Å². The van der Waals surface area contributed by atoms with Crippen molar-refractivity contribution in [3.8, 4) is 0 Å². The number of hydrogen-bond donors (Lipinski definition) is 2. The quantitative estimate of drug-likeness (QED) is 0.370. The Kier molecular flexibility index (Phi) is 8.09. The highest BCUT2D eigenvalue weighted by Crippen LogP contribution is 1.49. The minimum absolute atomic E-state index is 0.750. The minimum Gasteiger partial charge on any atom is -0.222 e. The van der Waals surface area contributed by atoms with E-state index in [1.807, 2.05) is 6.92 Å². The van der Waals surface area contributed by atoms with Crippen LogP contribution in [0.25, 0.3) is 0 Å². The van der Waals surface area contributed by atoms with Gasteiger partial charge in [0.15, 0.2) is 0 Å². The largest absolute Gasteiger partial charge is 0.222 e. The lowest BCUT2D eigenvalue weighted by molar-refractivity contribution is -2.00. The Bertz CT molecular complexity index is 45.4. The van der Waals surface area contributed by atoms with Crippen LogP contribution in [0, 0.1) is 10.2 Å². The summed E-state index contributed by atoms with van der Waals surface area (Å²) >= 11 is 0. The predicted molar refractivity (Wildman–Crippen MR) is 14.3 cm³/mol. The monoisotopic (exact) mass is 161 g/mol. The van der Waals surface area contributed by atoms with Gasteiger partial charge in [0.25, 0.3) is 0 Å². The number of hydroxylamine groups is 1. The highest BCUT2D eigenvalue weighted by molar-refractivity contribution is 3.81. The molecule has 3 N–H and O–H groups in total. The van der Waals surface area contributed by atoms with E-state index in [-0.39, 0.29) is 0 Å². The van der Waals surface area contributed by atoms with Crippen molar-refractivity contribution >= 4 is 0 Å². The molecule has 0 aromatic heterocycles. The van der Waals surface area contributed by atoms with Crippen molar-refractivity contribution in [3.05, 3.63) is 0 Å². The third-order valence-electron chi connectivity index (χ3n) is 0.183. The van der Waals surface area contributed by atoms with Gasteiger partial charge < -0.3 is 0 Å². The summed E-state index contributed by atoms with van der Waals surface area (Å²) in [7, 11) is -4.94. The van der Waals surface area contributed by atoms with Crippen molar-refractivity contribution in [2.75, 3.05) is 6.54 Å². The Morgan fingerprint density at radius 1 is 1.33 bits per heavy atom. The summed E-state index contributed by atoms with van der Waals surface area (Å²) in [5.41, 5.74) is 1.12. The Hall–Kier alpha value is 0.0500. The molecular weight excluding hydrogens is 153 g/mol. The van der Waals surface area contributed by atoms with Gasteiger partial charge in [0.1, 0.15) is 6.54 Å². The average Bonchev–Trinajstić information content (AvgIpc) is 1.61. The van der Waals surface area contributed by atoms with Crippen molar-refractivity contribution in [2.45, 2.75) is 6.92 Å². The lowest BCUT2D eigenvalue weighted by atomic mass is 10.8. The molecule has 0 radical (unpaired) electrons. The molecule has 0 unspecified atom stereocenters. The van der Waals surface area contributed by atoms with Crippen molar-refractivity contribution in [2.24, 2.45) is 0 Å². The Morgan fingerprint density at radius 3 is 1.44 bits per heavy atom. The molecule has 0 saturated carbocycles. The van der Waals surface area contributed by atoms with Crippen molar-refractivity contribution in [1.82, 2.24) is 0 Å². The summed E-state index contributed by atoms with van der Waals surface area (Å²) in [4.78, 5) is 0. The van der Waals surface area contributed by atoms with Gasteiger partial charge in [-0.15, -0.1) is 10.2 Å². The number of rotatable bonds is 1. The summed E-state index contributed by atoms with van der Waals surface area (Å²) in [5.74, 6) is 0. The zero-order valence-corrected chi connectivity index (χ0v) is 5.50. The number of halogens is 1. The van der Waals surface area contributed by atoms with Gasteiger partial charge >= 0.3 is 0 Å². The zero-order valence-electron chi connectivity index (χ0n) is 4.74. The predicted octanol–water partition coefficient (Wildman–Crippen LogP) is -5.80. The molecule has 0 aliphatic rings.